The highest BCUT2D eigenvalue weighted by atomic mass is 16.6. The number of dihydropyridines is 1. The lowest BCUT2D eigenvalue weighted by atomic mass is 9.74. The van der Waals surface area contributed by atoms with E-state index in [-0.39, 0.29) is 11.7 Å². The van der Waals surface area contributed by atoms with Gasteiger partial charge in [-0.05, 0) is 50.7 Å². The Balaban J connectivity index is 1.86. The van der Waals surface area contributed by atoms with Crippen LogP contribution in [0.3, 0.4) is 0 Å². The number of nitro benzene ring substituents is 1. The Morgan fingerprint density at radius 1 is 1.20 bits per heavy atom. The molecule has 1 aromatic rings. The fourth-order valence-corrected chi connectivity index (χ4v) is 4.73. The summed E-state index contributed by atoms with van der Waals surface area (Å²) in [7, 11) is 0. The number of hydrogen-bond acceptors (Lipinski definition) is 6. The molecule has 3 aliphatic rings. The van der Waals surface area contributed by atoms with Gasteiger partial charge in [-0.1, -0.05) is 6.07 Å². The van der Waals surface area contributed by atoms with E-state index in [4.69, 9.17) is 0 Å². The van der Waals surface area contributed by atoms with E-state index in [9.17, 15) is 24.8 Å². The number of nitrogens with one attached hydrogen (secondary N) is 1. The molecule has 1 saturated heterocycles. The molecule has 30 heavy (non-hydrogen) atoms. The summed E-state index contributed by atoms with van der Waals surface area (Å²) >= 11 is 0. The Hall–Kier alpha value is -3.16. The number of aromatic hydroxyl groups is 1. The summed E-state index contributed by atoms with van der Waals surface area (Å²) in [6.45, 7) is 3.15. The van der Waals surface area contributed by atoms with Crippen LogP contribution in [-0.4, -0.2) is 39.7 Å². The van der Waals surface area contributed by atoms with Crippen molar-refractivity contribution in [1.82, 2.24) is 10.2 Å². The summed E-state index contributed by atoms with van der Waals surface area (Å²) in [5.74, 6) is -1.29. The van der Waals surface area contributed by atoms with Gasteiger partial charge in [0, 0.05) is 54.0 Å². The van der Waals surface area contributed by atoms with E-state index < -0.39 is 22.3 Å². The average molecular weight is 411 g/mol. The van der Waals surface area contributed by atoms with Crippen LogP contribution in [0, 0.1) is 10.1 Å². The first-order valence-corrected chi connectivity index (χ1v) is 10.4. The molecule has 0 spiro atoms. The molecule has 2 heterocycles. The van der Waals surface area contributed by atoms with Gasteiger partial charge >= 0.3 is 5.69 Å². The van der Waals surface area contributed by atoms with Gasteiger partial charge in [0.25, 0.3) is 5.91 Å². The monoisotopic (exact) mass is 411 g/mol. The topological polar surface area (TPSA) is 113 Å². The minimum atomic E-state index is -0.678. The number of hydrogen-bond donors (Lipinski definition) is 2. The smallest absolute Gasteiger partial charge is 0.310 e. The van der Waals surface area contributed by atoms with Crippen molar-refractivity contribution in [2.75, 3.05) is 13.1 Å². The highest BCUT2D eigenvalue weighted by molar-refractivity contribution is 6.05. The van der Waals surface area contributed by atoms with Gasteiger partial charge in [0.1, 0.15) is 0 Å². The number of piperidine rings is 1. The standard InChI is InChI=1S/C22H25N3O5/c1-13-19(22(28)24-10-3-2-4-11-24)20(21-15(23-13)6-5-7-18(21)27)14-8-9-17(26)16(12-14)25(29)30/h8-9,12,20,23,26H,2-7,10-11H2,1H3/t20-/m0/s1. The maximum absolute atomic E-state index is 13.5. The SMILES string of the molecule is CC1=C(C(=O)N2CCCCC2)[C@H](c2ccc(O)c([N+](=O)[O-])c2)C2=C(CCCC2=O)N1. The average Bonchev–Trinajstić information content (AvgIpc) is 2.73. The van der Waals surface area contributed by atoms with Crippen molar-refractivity contribution in [2.24, 2.45) is 0 Å². The molecule has 0 saturated carbocycles. The van der Waals surface area contributed by atoms with Crippen LogP contribution >= 0.6 is 0 Å². The number of phenolic OH excluding ortho intramolecular Hbond substituents is 1. The van der Waals surface area contributed by atoms with Crippen molar-refractivity contribution < 1.29 is 19.6 Å². The van der Waals surface area contributed by atoms with E-state index >= 15 is 0 Å². The second-order valence-electron chi connectivity index (χ2n) is 8.12. The zero-order valence-electron chi connectivity index (χ0n) is 16.9. The first-order chi connectivity index (χ1) is 14.4. The van der Waals surface area contributed by atoms with Crippen molar-refractivity contribution in [2.45, 2.75) is 51.4 Å². The van der Waals surface area contributed by atoms with Gasteiger partial charge in [0.05, 0.1) is 4.92 Å². The van der Waals surface area contributed by atoms with E-state index in [1.54, 1.807) is 6.07 Å². The number of carbonyl (C=O) groups excluding carboxylic acids is 2. The highest BCUT2D eigenvalue weighted by Gasteiger charge is 2.40. The number of ketones is 1. The zero-order chi connectivity index (χ0) is 21.4. The van der Waals surface area contributed by atoms with Gasteiger partial charge in [-0.15, -0.1) is 0 Å². The molecule has 8 nitrogen and oxygen atoms in total. The maximum atomic E-state index is 13.5. The molecule has 158 valence electrons. The predicted molar refractivity (Wildman–Crippen MR) is 110 cm³/mol. The molecule has 1 aliphatic carbocycles. The third kappa shape index (κ3) is 3.46. The number of nitro groups is 1. The summed E-state index contributed by atoms with van der Waals surface area (Å²) in [6.07, 6.45) is 4.78. The molecule has 2 N–H and O–H groups in total. The third-order valence-electron chi connectivity index (χ3n) is 6.18. The molecule has 1 atom stereocenters. The first kappa shape index (κ1) is 20.1. The Morgan fingerprint density at radius 2 is 1.93 bits per heavy atom. The quantitative estimate of drug-likeness (QED) is 0.583. The summed E-state index contributed by atoms with van der Waals surface area (Å²) in [6, 6.07) is 4.12. The van der Waals surface area contributed by atoms with Gasteiger partial charge < -0.3 is 15.3 Å². The number of benzene rings is 1. The number of carbonyl (C=O) groups is 2. The molecule has 0 radical (unpaired) electrons. The molecule has 1 aromatic carbocycles. The number of amides is 1. The Morgan fingerprint density at radius 3 is 2.63 bits per heavy atom. The molecule has 2 aliphatic heterocycles. The van der Waals surface area contributed by atoms with Gasteiger partial charge in [0.2, 0.25) is 0 Å². The van der Waals surface area contributed by atoms with Crippen molar-refractivity contribution in [3.63, 3.8) is 0 Å². The van der Waals surface area contributed by atoms with Crippen molar-refractivity contribution in [1.29, 1.82) is 0 Å². The zero-order valence-corrected chi connectivity index (χ0v) is 16.9. The molecular formula is C22H25N3O5. The number of Topliss-reactive ketones (excluding diaryl/α,β-unsaturated/α-hetero) is 1. The third-order valence-corrected chi connectivity index (χ3v) is 6.18. The van der Waals surface area contributed by atoms with E-state index in [1.165, 1.54) is 12.1 Å². The lowest BCUT2D eigenvalue weighted by Crippen LogP contribution is -2.42. The summed E-state index contributed by atoms with van der Waals surface area (Å²) in [4.78, 5) is 39.0. The Bertz CT molecular complexity index is 988. The van der Waals surface area contributed by atoms with Gasteiger partial charge in [-0.3, -0.25) is 19.7 Å². The van der Waals surface area contributed by atoms with Crippen LogP contribution in [0.4, 0.5) is 5.69 Å². The molecule has 0 aromatic heterocycles. The predicted octanol–water partition coefficient (Wildman–Crippen LogP) is 3.28. The Kier molecular flexibility index (Phi) is 5.32. The molecule has 1 fully saturated rings. The molecular weight excluding hydrogens is 386 g/mol. The number of rotatable bonds is 3. The van der Waals surface area contributed by atoms with E-state index in [2.05, 4.69) is 5.32 Å². The van der Waals surface area contributed by atoms with Gasteiger partial charge in [0.15, 0.2) is 11.5 Å². The van der Waals surface area contributed by atoms with Crippen molar-refractivity contribution in [3.05, 3.63) is 56.4 Å². The lowest BCUT2D eigenvalue weighted by Gasteiger charge is -2.37. The number of allylic oxidation sites excluding steroid dienone is 3. The molecule has 0 bridgehead atoms. The van der Waals surface area contributed by atoms with Crippen LogP contribution in [0.15, 0.2) is 40.7 Å². The van der Waals surface area contributed by atoms with E-state index in [0.717, 1.165) is 31.4 Å². The summed E-state index contributed by atoms with van der Waals surface area (Å²) in [5.41, 5.74) is 2.50. The van der Waals surface area contributed by atoms with Crippen LogP contribution in [0.25, 0.3) is 0 Å². The molecule has 4 rings (SSSR count). The fourth-order valence-electron chi connectivity index (χ4n) is 4.73. The number of likely N-dealkylation sites (tertiary alicyclic amines) is 1. The molecule has 1 amide bonds. The normalized spacial score (nSPS) is 22.0. The van der Waals surface area contributed by atoms with Crippen LogP contribution in [0.5, 0.6) is 5.75 Å². The second kappa shape index (κ2) is 7.93. The number of nitrogens with zero attached hydrogens (tertiary/aromatic N) is 2. The van der Waals surface area contributed by atoms with Crippen LogP contribution in [0.1, 0.15) is 56.9 Å². The Labute approximate surface area is 174 Å². The highest BCUT2D eigenvalue weighted by Crippen LogP contribution is 2.44. The van der Waals surface area contributed by atoms with Crippen LogP contribution < -0.4 is 5.32 Å². The van der Waals surface area contributed by atoms with Crippen LogP contribution in [0.2, 0.25) is 0 Å². The fraction of sp³-hybridized carbons (Fsp3) is 0.455. The summed E-state index contributed by atoms with van der Waals surface area (Å²) < 4.78 is 0. The van der Waals surface area contributed by atoms with E-state index in [0.29, 0.717) is 48.3 Å². The molecule has 0 unspecified atom stereocenters. The maximum Gasteiger partial charge on any atom is 0.310 e. The van der Waals surface area contributed by atoms with Gasteiger partial charge in [-0.2, -0.15) is 0 Å². The summed E-state index contributed by atoms with van der Waals surface area (Å²) in [5, 5.41) is 24.6. The van der Waals surface area contributed by atoms with Gasteiger partial charge in [-0.25, -0.2) is 0 Å². The lowest BCUT2D eigenvalue weighted by molar-refractivity contribution is -0.385. The van der Waals surface area contributed by atoms with Crippen LogP contribution in [-0.2, 0) is 9.59 Å². The van der Waals surface area contributed by atoms with E-state index in [1.807, 2.05) is 11.8 Å². The van der Waals surface area contributed by atoms with Crippen molar-refractivity contribution in [3.8, 4) is 5.75 Å². The minimum absolute atomic E-state index is 0.0408. The number of phenols is 1. The minimum Gasteiger partial charge on any atom is -0.502 e. The second-order valence-corrected chi connectivity index (χ2v) is 8.12. The largest absolute Gasteiger partial charge is 0.502 e. The first-order valence-electron chi connectivity index (χ1n) is 10.4. The molecule has 8 heteroatoms. The van der Waals surface area contributed by atoms with Crippen molar-refractivity contribution >= 4 is 17.4 Å².